The third kappa shape index (κ3) is 3.71. The summed E-state index contributed by atoms with van der Waals surface area (Å²) in [6.07, 6.45) is -0.251. The normalized spacial score (nSPS) is 22.6. The molecular weight excluding hydrogens is 314 g/mol. The molecule has 0 aromatic carbocycles. The molecule has 0 N–H and O–H groups in total. The van der Waals surface area contributed by atoms with Crippen LogP contribution >= 0.6 is 37.9 Å². The van der Waals surface area contributed by atoms with Gasteiger partial charge in [0, 0.05) is 43.8 Å². The Morgan fingerprint density at radius 1 is 1.15 bits per heavy atom. The lowest BCUT2D eigenvalue weighted by molar-refractivity contribution is -0.133. The lowest BCUT2D eigenvalue weighted by Gasteiger charge is -2.35. The van der Waals surface area contributed by atoms with Crippen LogP contribution in [0.4, 0.5) is 4.79 Å². The summed E-state index contributed by atoms with van der Waals surface area (Å²) in [5.74, 6) is 1.69. The van der Waals surface area contributed by atoms with Crippen LogP contribution in [0.3, 0.4) is 0 Å². The lowest BCUT2D eigenvalue weighted by atomic mass is 10.2. The van der Waals surface area contributed by atoms with E-state index in [-0.39, 0.29) is 24.1 Å². The number of rotatable bonds is 7. The summed E-state index contributed by atoms with van der Waals surface area (Å²) in [6.45, 7) is 5.13. The highest BCUT2D eigenvalue weighted by Crippen LogP contribution is 2.26. The van der Waals surface area contributed by atoms with Crippen LogP contribution in [0.2, 0.25) is 0 Å². The van der Waals surface area contributed by atoms with E-state index in [1.165, 1.54) is 6.92 Å². The van der Waals surface area contributed by atoms with Crippen molar-refractivity contribution < 1.29 is 9.59 Å². The standard InChI is InChI=1S/C12H23N3O2S3/c1-9-11(14(4-7-19)10(2)16)15(5-8-20)12(17)13(9)3-6-18/h9,11,18-20H,3-8H2,1-2H3. The van der Waals surface area contributed by atoms with Gasteiger partial charge in [0.05, 0.1) is 6.04 Å². The van der Waals surface area contributed by atoms with E-state index in [4.69, 9.17) is 0 Å². The maximum Gasteiger partial charge on any atom is 0.322 e. The molecule has 1 saturated heterocycles. The molecule has 8 heteroatoms. The molecule has 2 atom stereocenters. The molecule has 1 heterocycles. The van der Waals surface area contributed by atoms with Gasteiger partial charge in [-0.05, 0) is 6.92 Å². The predicted molar refractivity (Wildman–Crippen MR) is 91.0 cm³/mol. The van der Waals surface area contributed by atoms with Crippen molar-refractivity contribution in [1.82, 2.24) is 14.7 Å². The molecule has 0 aromatic heterocycles. The quantitative estimate of drug-likeness (QED) is 0.609. The molecule has 1 aliphatic rings. The third-order valence-corrected chi connectivity index (χ3v) is 4.08. The average Bonchev–Trinajstić information content (AvgIpc) is 2.62. The molecule has 5 nitrogen and oxygen atoms in total. The molecule has 1 fully saturated rings. The maximum absolute atomic E-state index is 12.5. The average molecular weight is 338 g/mol. The van der Waals surface area contributed by atoms with Crippen LogP contribution in [0.25, 0.3) is 0 Å². The summed E-state index contributed by atoms with van der Waals surface area (Å²) in [7, 11) is 0. The number of carbonyl (C=O) groups excluding carboxylic acids is 2. The van der Waals surface area contributed by atoms with Gasteiger partial charge in [-0.1, -0.05) is 0 Å². The first-order valence-corrected chi connectivity index (χ1v) is 8.56. The van der Waals surface area contributed by atoms with E-state index in [1.54, 1.807) is 14.7 Å². The first kappa shape index (κ1) is 17.8. The van der Waals surface area contributed by atoms with Gasteiger partial charge in [0.2, 0.25) is 5.91 Å². The molecule has 0 aromatic rings. The highest BCUT2D eigenvalue weighted by atomic mass is 32.1. The molecule has 116 valence electrons. The van der Waals surface area contributed by atoms with E-state index >= 15 is 0 Å². The van der Waals surface area contributed by atoms with E-state index in [9.17, 15) is 9.59 Å². The van der Waals surface area contributed by atoms with E-state index in [0.717, 1.165) is 0 Å². The summed E-state index contributed by atoms with van der Waals surface area (Å²) in [5, 5.41) is 0. The van der Waals surface area contributed by atoms with Crippen LogP contribution in [0.15, 0.2) is 0 Å². The van der Waals surface area contributed by atoms with Gasteiger partial charge in [-0.25, -0.2) is 4.79 Å². The largest absolute Gasteiger partial charge is 0.322 e. The fourth-order valence-corrected chi connectivity index (χ4v) is 3.28. The topological polar surface area (TPSA) is 43.9 Å². The maximum atomic E-state index is 12.5. The Hall–Kier alpha value is -0.210. The van der Waals surface area contributed by atoms with Crippen LogP contribution in [0.1, 0.15) is 13.8 Å². The zero-order chi connectivity index (χ0) is 15.3. The molecule has 0 bridgehead atoms. The van der Waals surface area contributed by atoms with Crippen molar-refractivity contribution in [2.45, 2.75) is 26.1 Å². The van der Waals surface area contributed by atoms with E-state index in [0.29, 0.717) is 36.9 Å². The zero-order valence-electron chi connectivity index (χ0n) is 11.9. The Bertz CT molecular complexity index is 357. The monoisotopic (exact) mass is 337 g/mol. The van der Waals surface area contributed by atoms with Gasteiger partial charge < -0.3 is 14.7 Å². The lowest BCUT2D eigenvalue weighted by Crippen LogP contribution is -2.53. The number of nitrogens with zero attached hydrogens (tertiary/aromatic N) is 3. The van der Waals surface area contributed by atoms with E-state index < -0.39 is 0 Å². The fraction of sp³-hybridized carbons (Fsp3) is 0.833. The van der Waals surface area contributed by atoms with Crippen LogP contribution < -0.4 is 0 Å². The van der Waals surface area contributed by atoms with Crippen molar-refractivity contribution in [2.24, 2.45) is 0 Å². The van der Waals surface area contributed by atoms with Crippen LogP contribution in [-0.2, 0) is 4.79 Å². The molecule has 0 aliphatic carbocycles. The smallest absolute Gasteiger partial charge is 0.319 e. The minimum atomic E-state index is -0.251. The highest BCUT2D eigenvalue weighted by Gasteiger charge is 2.45. The van der Waals surface area contributed by atoms with Crippen molar-refractivity contribution in [3.63, 3.8) is 0 Å². The third-order valence-electron chi connectivity index (χ3n) is 3.48. The Morgan fingerprint density at radius 3 is 2.15 bits per heavy atom. The first-order chi connectivity index (χ1) is 9.49. The van der Waals surface area contributed by atoms with Gasteiger partial charge in [-0.2, -0.15) is 37.9 Å². The Morgan fingerprint density at radius 2 is 1.70 bits per heavy atom. The molecule has 3 amide bonds. The van der Waals surface area contributed by atoms with Gasteiger partial charge in [0.15, 0.2) is 0 Å². The van der Waals surface area contributed by atoms with Gasteiger partial charge in [0.1, 0.15) is 6.17 Å². The van der Waals surface area contributed by atoms with Gasteiger partial charge in [-0.15, -0.1) is 0 Å². The van der Waals surface area contributed by atoms with Gasteiger partial charge >= 0.3 is 6.03 Å². The number of hydrogen-bond acceptors (Lipinski definition) is 5. The highest BCUT2D eigenvalue weighted by molar-refractivity contribution is 7.80. The Balaban J connectivity index is 3.04. The molecule has 0 saturated carbocycles. The van der Waals surface area contributed by atoms with Crippen molar-refractivity contribution in [3.8, 4) is 0 Å². The summed E-state index contributed by atoms with van der Waals surface area (Å²) in [4.78, 5) is 29.6. The van der Waals surface area contributed by atoms with Crippen LogP contribution in [0.5, 0.6) is 0 Å². The fourth-order valence-electron chi connectivity index (χ4n) is 2.63. The van der Waals surface area contributed by atoms with Crippen molar-refractivity contribution >= 4 is 49.8 Å². The molecule has 20 heavy (non-hydrogen) atoms. The number of thiol groups is 3. The molecule has 2 unspecified atom stereocenters. The van der Waals surface area contributed by atoms with Crippen LogP contribution in [0, 0.1) is 0 Å². The summed E-state index contributed by atoms with van der Waals surface area (Å²) in [6, 6.07) is -0.102. The van der Waals surface area contributed by atoms with Gasteiger partial charge in [0.25, 0.3) is 0 Å². The number of carbonyl (C=O) groups is 2. The Labute approximate surface area is 137 Å². The SMILES string of the molecule is CC(=O)N(CCS)C1C(C)N(CCS)C(=O)N1CCS. The minimum absolute atomic E-state index is 0.0411. The van der Waals surface area contributed by atoms with Crippen molar-refractivity contribution in [1.29, 1.82) is 0 Å². The van der Waals surface area contributed by atoms with Crippen LogP contribution in [-0.4, -0.2) is 75.7 Å². The van der Waals surface area contributed by atoms with Gasteiger partial charge in [-0.3, -0.25) is 4.79 Å². The predicted octanol–water partition coefficient (Wildman–Crippen LogP) is 1.08. The first-order valence-electron chi connectivity index (χ1n) is 6.66. The van der Waals surface area contributed by atoms with Crippen molar-refractivity contribution in [2.75, 3.05) is 36.9 Å². The van der Waals surface area contributed by atoms with E-state index in [1.807, 2.05) is 6.92 Å². The number of amides is 3. The minimum Gasteiger partial charge on any atom is -0.319 e. The molecule has 0 radical (unpaired) electrons. The number of hydrogen-bond donors (Lipinski definition) is 3. The molecule has 1 aliphatic heterocycles. The van der Waals surface area contributed by atoms with E-state index in [2.05, 4.69) is 37.9 Å². The summed E-state index contributed by atoms with van der Waals surface area (Å²) in [5.41, 5.74) is 0. The number of urea groups is 1. The second kappa shape index (κ2) is 8.29. The zero-order valence-corrected chi connectivity index (χ0v) is 14.6. The summed E-state index contributed by atoms with van der Waals surface area (Å²) < 4.78 is 0. The van der Waals surface area contributed by atoms with Crippen molar-refractivity contribution in [3.05, 3.63) is 0 Å². The Kier molecular flexibility index (Phi) is 7.39. The second-order valence-electron chi connectivity index (χ2n) is 4.71. The molecule has 1 rings (SSSR count). The summed E-state index contributed by atoms with van der Waals surface area (Å²) >= 11 is 12.6. The molecular formula is C12H23N3O2S3. The second-order valence-corrected chi connectivity index (χ2v) is 6.05. The molecule has 0 spiro atoms.